The van der Waals surface area contributed by atoms with Gasteiger partial charge in [-0.05, 0) is 96.1 Å². The van der Waals surface area contributed by atoms with Gasteiger partial charge < -0.3 is 34.2 Å². The summed E-state index contributed by atoms with van der Waals surface area (Å²) in [4.78, 5) is 44.7. The molecule has 284 valence electrons. The fourth-order valence-electron chi connectivity index (χ4n) is 8.19. The van der Waals surface area contributed by atoms with Crippen molar-refractivity contribution in [1.29, 1.82) is 0 Å². The lowest BCUT2D eigenvalue weighted by Crippen LogP contribution is -2.53. The molecule has 4 aliphatic rings. The summed E-state index contributed by atoms with van der Waals surface area (Å²) in [6, 6.07) is 0.731. The summed E-state index contributed by atoms with van der Waals surface area (Å²) in [5.41, 5.74) is -0.566. The molecule has 3 fully saturated rings. The molecule has 0 aromatic carbocycles. The average Bonchev–Trinajstić information content (AvgIpc) is 3.39. The van der Waals surface area contributed by atoms with E-state index < -0.39 is 36.0 Å². The van der Waals surface area contributed by atoms with E-state index in [0.29, 0.717) is 37.6 Å². The number of aliphatic hydroxyl groups is 2. The minimum atomic E-state index is -1.44. The predicted octanol–water partition coefficient (Wildman–Crippen LogP) is 6.07. The molecular formula is C39H65N3O8. The highest BCUT2D eigenvalue weighted by atomic mass is 16.6. The summed E-state index contributed by atoms with van der Waals surface area (Å²) in [5.74, 6) is 0.173. The Bertz CT molecular complexity index is 1180. The molecule has 2 unspecified atom stereocenters. The summed E-state index contributed by atoms with van der Waals surface area (Å²) < 4.78 is 17.5. The number of ether oxygens (including phenoxy) is 3. The third-order valence-corrected chi connectivity index (χ3v) is 11.6. The Kier molecular flexibility index (Phi) is 15.0. The summed E-state index contributed by atoms with van der Waals surface area (Å²) >= 11 is 0. The van der Waals surface area contributed by atoms with Gasteiger partial charge in [-0.3, -0.25) is 9.69 Å². The molecule has 0 aromatic rings. The highest BCUT2D eigenvalue weighted by Gasteiger charge is 2.38. The molecule has 1 saturated carbocycles. The van der Waals surface area contributed by atoms with Crippen molar-refractivity contribution >= 4 is 18.2 Å². The van der Waals surface area contributed by atoms with Crippen molar-refractivity contribution in [3.63, 3.8) is 0 Å². The predicted molar refractivity (Wildman–Crippen MR) is 192 cm³/mol. The number of allylic oxidation sites excluding steroid dienone is 1. The number of cyclic esters (lactones) is 1. The monoisotopic (exact) mass is 703 g/mol. The molecule has 11 heteroatoms. The smallest absolute Gasteiger partial charge is 0.410 e. The highest BCUT2D eigenvalue weighted by Crippen LogP contribution is 2.32. The van der Waals surface area contributed by atoms with Gasteiger partial charge >= 0.3 is 18.2 Å². The number of amides is 2. The van der Waals surface area contributed by atoms with Crippen molar-refractivity contribution in [3.05, 3.63) is 23.8 Å². The Morgan fingerprint density at radius 3 is 2.44 bits per heavy atom. The summed E-state index contributed by atoms with van der Waals surface area (Å²) in [6.07, 6.45) is 11.5. The number of nitrogens with zero attached hydrogens (tertiary/aromatic N) is 3. The minimum absolute atomic E-state index is 0.144. The second-order valence-electron chi connectivity index (χ2n) is 15.9. The molecule has 1 aliphatic carbocycles. The van der Waals surface area contributed by atoms with Crippen molar-refractivity contribution in [2.75, 3.05) is 39.3 Å². The van der Waals surface area contributed by atoms with Gasteiger partial charge in [0.1, 0.15) is 11.7 Å². The first kappa shape index (κ1) is 40.1. The molecule has 4 rings (SSSR count). The molecule has 3 aliphatic heterocycles. The third kappa shape index (κ3) is 11.4. The zero-order valence-electron chi connectivity index (χ0n) is 31.6. The largest absolute Gasteiger partial charge is 0.457 e. The van der Waals surface area contributed by atoms with E-state index in [1.54, 1.807) is 17.9 Å². The maximum Gasteiger partial charge on any atom is 0.410 e. The molecule has 2 N–H and O–H groups in total. The Labute approximate surface area is 300 Å². The lowest BCUT2D eigenvalue weighted by atomic mass is 9.88. The highest BCUT2D eigenvalue weighted by molar-refractivity contribution is 5.70. The van der Waals surface area contributed by atoms with Gasteiger partial charge in [0.2, 0.25) is 0 Å². The van der Waals surface area contributed by atoms with Gasteiger partial charge in [-0.15, -0.1) is 0 Å². The average molecular weight is 704 g/mol. The van der Waals surface area contributed by atoms with Crippen LogP contribution in [0, 0.1) is 17.8 Å². The molecule has 11 nitrogen and oxygen atoms in total. The maximum absolute atomic E-state index is 13.5. The first-order chi connectivity index (χ1) is 23.8. The second kappa shape index (κ2) is 18.7. The number of piperazine rings is 1. The van der Waals surface area contributed by atoms with Gasteiger partial charge in [0.05, 0.1) is 19.1 Å². The number of aliphatic hydroxyl groups excluding tert-OH is 1. The Hall–Kier alpha value is -2.63. The first-order valence-electron chi connectivity index (χ1n) is 19.3. The van der Waals surface area contributed by atoms with E-state index in [2.05, 4.69) is 18.7 Å². The van der Waals surface area contributed by atoms with Crippen LogP contribution in [0.4, 0.5) is 9.59 Å². The van der Waals surface area contributed by atoms with E-state index >= 15 is 0 Å². The zero-order chi connectivity index (χ0) is 36.4. The van der Waals surface area contributed by atoms with Crippen LogP contribution in [0.1, 0.15) is 112 Å². The Balaban J connectivity index is 1.31. The van der Waals surface area contributed by atoms with Crippen molar-refractivity contribution in [1.82, 2.24) is 14.7 Å². The van der Waals surface area contributed by atoms with Crippen LogP contribution in [0.15, 0.2) is 23.8 Å². The maximum atomic E-state index is 13.5. The zero-order valence-corrected chi connectivity index (χ0v) is 31.6. The molecule has 0 spiro atoms. The van der Waals surface area contributed by atoms with Crippen LogP contribution in [0.2, 0.25) is 0 Å². The topological polar surface area (TPSA) is 129 Å². The standard InChI is InChI=1S/C39H65N3O8/c1-7-28(3)36-29(4)14-15-34(39(6,47)17-16-33(43)25-35(44)50-36)49-37(45)41-21-19-40(20-22-41)32-13-9-8-12-31(24-32)23-27(2)26-48-38(46)42-18-10-11-30(42)5/h7,14-15,27,29-34,36,43,47H,8-13,16-26H2,1-6H3/b15-14+,28-7+/t27-,29+,30-,31?,32?,33-,34+,36-,39-/m1/s1. The van der Waals surface area contributed by atoms with Gasteiger partial charge in [-0.2, -0.15) is 0 Å². The molecule has 2 amide bonds. The molecule has 3 heterocycles. The van der Waals surface area contributed by atoms with Crippen LogP contribution in [0.3, 0.4) is 0 Å². The van der Waals surface area contributed by atoms with Gasteiger partial charge in [-0.1, -0.05) is 45.3 Å². The van der Waals surface area contributed by atoms with E-state index in [-0.39, 0.29) is 37.3 Å². The van der Waals surface area contributed by atoms with Gasteiger partial charge in [-0.25, -0.2) is 9.59 Å². The number of carbonyl (C=O) groups is 3. The van der Waals surface area contributed by atoms with Gasteiger partial charge in [0.15, 0.2) is 6.10 Å². The number of likely N-dealkylation sites (tertiary alicyclic amines) is 1. The fraction of sp³-hybridized carbons (Fsp3) is 0.821. The fourth-order valence-corrected chi connectivity index (χ4v) is 8.19. The molecule has 50 heavy (non-hydrogen) atoms. The van der Waals surface area contributed by atoms with Crippen molar-refractivity contribution in [3.8, 4) is 0 Å². The normalized spacial score (nSPS) is 35.2. The first-order valence-corrected chi connectivity index (χ1v) is 19.3. The van der Waals surface area contributed by atoms with Crippen LogP contribution in [-0.2, 0) is 19.0 Å². The van der Waals surface area contributed by atoms with Crippen molar-refractivity contribution in [2.45, 2.75) is 148 Å². The van der Waals surface area contributed by atoms with E-state index in [4.69, 9.17) is 14.2 Å². The molecule has 2 saturated heterocycles. The van der Waals surface area contributed by atoms with Crippen LogP contribution in [-0.4, -0.2) is 118 Å². The van der Waals surface area contributed by atoms with Crippen molar-refractivity contribution < 1.29 is 38.8 Å². The molecule has 0 aromatic heterocycles. The summed E-state index contributed by atoms with van der Waals surface area (Å²) in [7, 11) is 0. The molecule has 0 bridgehead atoms. The third-order valence-electron chi connectivity index (χ3n) is 11.6. The molecule has 9 atom stereocenters. The molecule has 0 radical (unpaired) electrons. The molecular weight excluding hydrogens is 638 g/mol. The van der Waals surface area contributed by atoms with E-state index in [0.717, 1.165) is 57.3 Å². The second-order valence-corrected chi connectivity index (χ2v) is 15.9. The van der Waals surface area contributed by atoms with E-state index in [1.807, 2.05) is 37.8 Å². The Morgan fingerprint density at radius 1 is 1.04 bits per heavy atom. The minimum Gasteiger partial charge on any atom is -0.457 e. The van der Waals surface area contributed by atoms with Crippen LogP contribution in [0.25, 0.3) is 0 Å². The van der Waals surface area contributed by atoms with Gasteiger partial charge in [0, 0.05) is 50.7 Å². The summed E-state index contributed by atoms with van der Waals surface area (Å²) in [5, 5.41) is 22.0. The van der Waals surface area contributed by atoms with Crippen LogP contribution in [0.5, 0.6) is 0 Å². The number of rotatable bonds is 7. The lowest BCUT2D eigenvalue weighted by molar-refractivity contribution is -0.151. The number of hydrogen-bond donors (Lipinski definition) is 2. The Morgan fingerprint density at radius 2 is 1.76 bits per heavy atom. The van der Waals surface area contributed by atoms with Crippen LogP contribution < -0.4 is 0 Å². The summed E-state index contributed by atoms with van der Waals surface area (Å²) in [6.45, 7) is 15.5. The van der Waals surface area contributed by atoms with Crippen molar-refractivity contribution in [2.24, 2.45) is 17.8 Å². The van der Waals surface area contributed by atoms with Crippen LogP contribution >= 0.6 is 0 Å². The van der Waals surface area contributed by atoms with E-state index in [9.17, 15) is 24.6 Å². The number of esters is 1. The number of carbonyl (C=O) groups excluding carboxylic acids is 3. The quantitative estimate of drug-likeness (QED) is 0.141. The van der Waals surface area contributed by atoms with Gasteiger partial charge in [0.25, 0.3) is 0 Å². The SMILES string of the molecule is C/C=C(\C)[C@H]1OC(=O)C[C@H](O)CC[C@@](C)(O)[C@@H](OC(=O)N2CCN(C3CCCCC(C[C@@H](C)COC(=O)N4CCC[C@H]4C)C3)CC2)/C=C/[C@@H]1C. The number of hydrogen-bond acceptors (Lipinski definition) is 9. The lowest BCUT2D eigenvalue weighted by Gasteiger charge is -2.40. The van der Waals surface area contributed by atoms with E-state index in [1.165, 1.54) is 19.3 Å².